The van der Waals surface area contributed by atoms with Crippen LogP contribution in [0.3, 0.4) is 0 Å². The summed E-state index contributed by atoms with van der Waals surface area (Å²) in [6, 6.07) is 10.4. The van der Waals surface area contributed by atoms with E-state index >= 15 is 0 Å². The lowest BCUT2D eigenvalue weighted by atomic mass is 10.2. The van der Waals surface area contributed by atoms with Crippen molar-refractivity contribution < 1.29 is 22.4 Å². The lowest BCUT2D eigenvalue weighted by Crippen LogP contribution is -2.27. The lowest BCUT2D eigenvalue weighted by molar-refractivity contribution is -0.137. The van der Waals surface area contributed by atoms with Gasteiger partial charge in [0.25, 0.3) is 5.91 Å². The molecule has 0 aliphatic rings. The largest absolute Gasteiger partial charge is 0.416 e. The fraction of sp³-hybridized carbons (Fsp3) is 0.105. The molecule has 0 unspecified atom stereocenters. The predicted molar refractivity (Wildman–Crippen MR) is 93.9 cm³/mol. The minimum absolute atomic E-state index is 0.0344. The fourth-order valence-corrected chi connectivity index (χ4v) is 2.54. The number of aryl methyl sites for hydroxylation is 1. The van der Waals surface area contributed by atoms with Gasteiger partial charge in [0.1, 0.15) is 5.82 Å². The summed E-state index contributed by atoms with van der Waals surface area (Å²) in [5, 5.41) is 6.25. The molecule has 2 aromatic carbocycles. The highest BCUT2D eigenvalue weighted by molar-refractivity contribution is 6.02. The number of hydrogen-bond donors (Lipinski definition) is 1. The monoisotopic (exact) mass is 391 g/mol. The van der Waals surface area contributed by atoms with Gasteiger partial charge < -0.3 is 5.32 Å². The van der Waals surface area contributed by atoms with Crippen LogP contribution < -0.4 is 10.7 Å². The Hall–Kier alpha value is -3.49. The molecule has 0 fully saturated rings. The van der Waals surface area contributed by atoms with Gasteiger partial charge in [-0.05, 0) is 43.3 Å². The van der Waals surface area contributed by atoms with Gasteiger partial charge in [0, 0.05) is 17.4 Å². The van der Waals surface area contributed by atoms with Crippen molar-refractivity contribution in [1.29, 1.82) is 0 Å². The SMILES string of the molecule is Cc1cc(=O)c(C(=O)Nc2cccc(F)c2)nn1-c1cccc(C(F)(F)F)c1. The molecule has 3 rings (SSSR count). The molecule has 0 atom stereocenters. The number of rotatable bonds is 3. The Morgan fingerprint density at radius 3 is 2.46 bits per heavy atom. The maximum absolute atomic E-state index is 13.2. The Kier molecular flexibility index (Phi) is 5.00. The Labute approximate surface area is 156 Å². The van der Waals surface area contributed by atoms with Crippen molar-refractivity contribution in [2.45, 2.75) is 13.1 Å². The van der Waals surface area contributed by atoms with Gasteiger partial charge in [-0.15, -0.1) is 0 Å². The van der Waals surface area contributed by atoms with E-state index < -0.39 is 34.6 Å². The first-order valence-corrected chi connectivity index (χ1v) is 8.01. The number of nitrogens with one attached hydrogen (secondary N) is 1. The van der Waals surface area contributed by atoms with Crippen molar-refractivity contribution in [1.82, 2.24) is 9.78 Å². The molecular weight excluding hydrogens is 378 g/mol. The number of anilines is 1. The molecule has 3 aromatic rings. The van der Waals surface area contributed by atoms with Crippen LogP contribution in [0, 0.1) is 12.7 Å². The number of alkyl halides is 3. The molecule has 1 aromatic heterocycles. The standard InChI is InChI=1S/C19H13F4N3O2/c1-11-8-16(27)17(18(28)24-14-6-3-5-13(20)10-14)25-26(11)15-7-2-4-12(9-15)19(21,22)23/h2-10H,1H3,(H,24,28). The van der Waals surface area contributed by atoms with Gasteiger partial charge in [-0.1, -0.05) is 12.1 Å². The number of amides is 1. The van der Waals surface area contributed by atoms with Crippen LogP contribution in [0.1, 0.15) is 21.7 Å². The molecule has 1 amide bonds. The molecule has 144 valence electrons. The summed E-state index contributed by atoms with van der Waals surface area (Å²) >= 11 is 0. The van der Waals surface area contributed by atoms with Gasteiger partial charge in [-0.3, -0.25) is 9.59 Å². The van der Waals surface area contributed by atoms with E-state index in [2.05, 4.69) is 10.4 Å². The molecule has 28 heavy (non-hydrogen) atoms. The second-order valence-electron chi connectivity index (χ2n) is 5.92. The van der Waals surface area contributed by atoms with Crippen LogP contribution in [0.5, 0.6) is 0 Å². The van der Waals surface area contributed by atoms with Crippen LogP contribution >= 0.6 is 0 Å². The van der Waals surface area contributed by atoms with E-state index in [0.717, 1.165) is 28.9 Å². The van der Waals surface area contributed by atoms with E-state index in [4.69, 9.17) is 0 Å². The Bertz CT molecular complexity index is 1110. The summed E-state index contributed by atoms with van der Waals surface area (Å²) in [6.07, 6.45) is -4.56. The summed E-state index contributed by atoms with van der Waals surface area (Å²) in [5.74, 6) is -1.49. The van der Waals surface area contributed by atoms with Crippen molar-refractivity contribution in [3.8, 4) is 5.69 Å². The highest BCUT2D eigenvalue weighted by atomic mass is 19.4. The highest BCUT2D eigenvalue weighted by Gasteiger charge is 2.30. The van der Waals surface area contributed by atoms with E-state index in [1.54, 1.807) is 0 Å². The highest BCUT2D eigenvalue weighted by Crippen LogP contribution is 2.30. The molecular formula is C19H13F4N3O2. The Morgan fingerprint density at radius 1 is 1.07 bits per heavy atom. The third-order valence-electron chi connectivity index (χ3n) is 3.82. The van der Waals surface area contributed by atoms with Gasteiger partial charge in [0.15, 0.2) is 5.69 Å². The first kappa shape index (κ1) is 19.3. The smallest absolute Gasteiger partial charge is 0.320 e. The zero-order chi connectivity index (χ0) is 20.5. The van der Waals surface area contributed by atoms with Crippen molar-refractivity contribution in [3.05, 3.63) is 87.6 Å². The predicted octanol–water partition coefficient (Wildman–Crippen LogP) is 3.95. The molecule has 0 saturated heterocycles. The molecule has 0 bridgehead atoms. The molecule has 5 nitrogen and oxygen atoms in total. The molecule has 1 heterocycles. The number of aromatic nitrogens is 2. The molecule has 0 aliphatic carbocycles. The van der Waals surface area contributed by atoms with E-state index in [-0.39, 0.29) is 17.1 Å². The van der Waals surface area contributed by atoms with Crippen molar-refractivity contribution >= 4 is 11.6 Å². The third kappa shape index (κ3) is 4.08. The van der Waals surface area contributed by atoms with Crippen LogP contribution in [-0.4, -0.2) is 15.7 Å². The average Bonchev–Trinajstić information content (AvgIpc) is 2.61. The number of halogens is 4. The quantitative estimate of drug-likeness (QED) is 0.688. The molecule has 9 heteroatoms. The summed E-state index contributed by atoms with van der Waals surface area (Å²) in [6.45, 7) is 1.48. The fourth-order valence-electron chi connectivity index (χ4n) is 2.54. The molecule has 0 saturated carbocycles. The zero-order valence-corrected chi connectivity index (χ0v) is 14.4. The number of carbonyl (C=O) groups excluding carboxylic acids is 1. The maximum Gasteiger partial charge on any atom is 0.416 e. The van der Waals surface area contributed by atoms with Gasteiger partial charge >= 0.3 is 6.18 Å². The first-order valence-electron chi connectivity index (χ1n) is 8.01. The van der Waals surface area contributed by atoms with Gasteiger partial charge in [0.2, 0.25) is 5.43 Å². The van der Waals surface area contributed by atoms with E-state index in [0.29, 0.717) is 0 Å². The van der Waals surface area contributed by atoms with Crippen molar-refractivity contribution in [3.63, 3.8) is 0 Å². The summed E-state index contributed by atoms with van der Waals surface area (Å²) in [4.78, 5) is 24.5. The van der Waals surface area contributed by atoms with Crippen LogP contribution in [-0.2, 0) is 6.18 Å². The molecule has 0 radical (unpaired) electrons. The second-order valence-corrected chi connectivity index (χ2v) is 5.92. The number of nitrogens with zero attached hydrogens (tertiary/aromatic N) is 2. The van der Waals surface area contributed by atoms with Crippen LogP contribution in [0.4, 0.5) is 23.2 Å². The minimum atomic E-state index is -4.56. The third-order valence-corrected chi connectivity index (χ3v) is 3.82. The topological polar surface area (TPSA) is 64.0 Å². The Morgan fingerprint density at radius 2 is 1.79 bits per heavy atom. The van der Waals surface area contributed by atoms with Gasteiger partial charge in [0.05, 0.1) is 11.3 Å². The minimum Gasteiger partial charge on any atom is -0.320 e. The van der Waals surface area contributed by atoms with E-state index in [1.807, 2.05) is 0 Å². The zero-order valence-electron chi connectivity index (χ0n) is 14.4. The average molecular weight is 391 g/mol. The lowest BCUT2D eigenvalue weighted by Gasteiger charge is -2.13. The first-order chi connectivity index (χ1) is 13.1. The molecule has 0 aliphatic heterocycles. The number of benzene rings is 2. The van der Waals surface area contributed by atoms with Crippen molar-refractivity contribution in [2.24, 2.45) is 0 Å². The van der Waals surface area contributed by atoms with Gasteiger partial charge in [-0.25, -0.2) is 9.07 Å². The molecule has 1 N–H and O–H groups in total. The van der Waals surface area contributed by atoms with Crippen LogP contribution in [0.2, 0.25) is 0 Å². The van der Waals surface area contributed by atoms with E-state index in [9.17, 15) is 27.2 Å². The normalized spacial score (nSPS) is 11.3. The van der Waals surface area contributed by atoms with Crippen molar-refractivity contribution in [2.75, 3.05) is 5.32 Å². The number of hydrogen-bond acceptors (Lipinski definition) is 3. The maximum atomic E-state index is 13.2. The summed E-state index contributed by atoms with van der Waals surface area (Å²) in [7, 11) is 0. The van der Waals surface area contributed by atoms with Gasteiger partial charge in [-0.2, -0.15) is 18.3 Å². The summed E-state index contributed by atoms with van der Waals surface area (Å²) < 4.78 is 53.2. The second kappa shape index (κ2) is 7.26. The van der Waals surface area contributed by atoms with Crippen LogP contribution in [0.25, 0.3) is 5.69 Å². The number of carbonyl (C=O) groups is 1. The molecule has 0 spiro atoms. The Balaban J connectivity index is 2.02. The summed E-state index contributed by atoms with van der Waals surface area (Å²) in [5.41, 5.74) is -1.76. The van der Waals surface area contributed by atoms with E-state index in [1.165, 1.54) is 37.3 Å². The van der Waals surface area contributed by atoms with Crippen LogP contribution in [0.15, 0.2) is 59.4 Å².